The summed E-state index contributed by atoms with van der Waals surface area (Å²) in [4.78, 5) is 0. The fraction of sp³-hybridized carbons (Fsp3) is 0.438. The number of ether oxygens (including phenoxy) is 1. The number of hydrogen-bond acceptors (Lipinski definition) is 2. The summed E-state index contributed by atoms with van der Waals surface area (Å²) in [5.74, 6) is 0.941. The van der Waals surface area contributed by atoms with Crippen molar-refractivity contribution in [1.82, 2.24) is 4.57 Å². The molecule has 0 amide bonds. The van der Waals surface area contributed by atoms with Crippen LogP contribution in [-0.2, 0) is 6.54 Å². The number of nitrogens with zero attached hydrogens (tertiary/aromatic N) is 2. The molecule has 0 fully saturated rings. The van der Waals surface area contributed by atoms with Gasteiger partial charge in [0, 0.05) is 30.1 Å². The zero-order valence-electron chi connectivity index (χ0n) is 11.4. The van der Waals surface area contributed by atoms with Crippen LogP contribution in [0.5, 0.6) is 5.75 Å². The van der Waals surface area contributed by atoms with Crippen LogP contribution in [0.1, 0.15) is 32.6 Å². The Kier molecular flexibility index (Phi) is 4.85. The number of aryl methyl sites for hydroxylation is 1. The average Bonchev–Trinajstić information content (AvgIpc) is 2.84. The fourth-order valence-corrected chi connectivity index (χ4v) is 2.17. The Balaban J connectivity index is 2.04. The number of benzene rings is 1. The van der Waals surface area contributed by atoms with E-state index in [-0.39, 0.29) is 0 Å². The molecule has 0 radical (unpaired) electrons. The molecule has 2 rings (SSSR count). The number of aromatic nitrogens is 1. The van der Waals surface area contributed by atoms with E-state index in [1.807, 2.05) is 6.07 Å². The summed E-state index contributed by atoms with van der Waals surface area (Å²) in [5, 5.41) is 9.74. The standard InChI is InChI=1S/C16H20N2O/c1-2-12-19-15-6-7-16-14(13-15)8-11-18(16)10-5-3-4-9-17/h6-8,11,13H,2-5,10,12H2,1H3. The Labute approximate surface area is 114 Å². The maximum Gasteiger partial charge on any atom is 0.120 e. The third-order valence-corrected chi connectivity index (χ3v) is 3.15. The van der Waals surface area contributed by atoms with Crippen LogP contribution in [0.3, 0.4) is 0 Å². The van der Waals surface area contributed by atoms with E-state index in [1.54, 1.807) is 0 Å². The zero-order valence-corrected chi connectivity index (χ0v) is 11.4. The highest BCUT2D eigenvalue weighted by Gasteiger charge is 2.02. The minimum absolute atomic E-state index is 0.647. The van der Waals surface area contributed by atoms with E-state index in [2.05, 4.69) is 42.0 Å². The molecule has 0 N–H and O–H groups in total. The van der Waals surface area contributed by atoms with Gasteiger partial charge >= 0.3 is 0 Å². The van der Waals surface area contributed by atoms with Gasteiger partial charge in [-0.15, -0.1) is 0 Å². The minimum Gasteiger partial charge on any atom is -0.494 e. The average molecular weight is 256 g/mol. The molecule has 0 unspecified atom stereocenters. The molecule has 1 aromatic carbocycles. The minimum atomic E-state index is 0.647. The monoisotopic (exact) mass is 256 g/mol. The Bertz CT molecular complexity index is 566. The highest BCUT2D eigenvalue weighted by molar-refractivity contribution is 5.81. The van der Waals surface area contributed by atoms with Crippen LogP contribution in [0.25, 0.3) is 10.9 Å². The topological polar surface area (TPSA) is 38.0 Å². The largest absolute Gasteiger partial charge is 0.494 e. The van der Waals surface area contributed by atoms with E-state index < -0.39 is 0 Å². The molecule has 0 aliphatic rings. The quantitative estimate of drug-likeness (QED) is 0.699. The van der Waals surface area contributed by atoms with Gasteiger partial charge in [0.05, 0.1) is 12.7 Å². The molecule has 19 heavy (non-hydrogen) atoms. The number of unbranched alkanes of at least 4 members (excludes halogenated alkanes) is 2. The first-order valence-corrected chi connectivity index (χ1v) is 6.94. The van der Waals surface area contributed by atoms with Gasteiger partial charge in [-0.3, -0.25) is 0 Å². The molecule has 3 heteroatoms. The highest BCUT2D eigenvalue weighted by Crippen LogP contribution is 2.22. The number of nitriles is 1. The molecular weight excluding hydrogens is 236 g/mol. The smallest absolute Gasteiger partial charge is 0.120 e. The van der Waals surface area contributed by atoms with Gasteiger partial charge in [-0.1, -0.05) is 6.92 Å². The summed E-state index contributed by atoms with van der Waals surface area (Å²) < 4.78 is 7.89. The summed E-state index contributed by atoms with van der Waals surface area (Å²) >= 11 is 0. The van der Waals surface area contributed by atoms with E-state index >= 15 is 0 Å². The molecular formula is C16H20N2O. The van der Waals surface area contributed by atoms with Crippen molar-refractivity contribution in [2.75, 3.05) is 6.61 Å². The maximum absolute atomic E-state index is 8.53. The van der Waals surface area contributed by atoms with Gasteiger partial charge in [0.1, 0.15) is 5.75 Å². The van der Waals surface area contributed by atoms with Crippen molar-refractivity contribution in [3.05, 3.63) is 30.5 Å². The fourth-order valence-electron chi connectivity index (χ4n) is 2.17. The first-order valence-electron chi connectivity index (χ1n) is 6.94. The Morgan fingerprint density at radius 3 is 2.95 bits per heavy atom. The van der Waals surface area contributed by atoms with E-state index in [9.17, 15) is 0 Å². The van der Waals surface area contributed by atoms with E-state index in [0.717, 1.165) is 38.2 Å². The van der Waals surface area contributed by atoms with Gasteiger partial charge in [0.25, 0.3) is 0 Å². The van der Waals surface area contributed by atoms with Crippen LogP contribution in [0.4, 0.5) is 0 Å². The molecule has 0 saturated carbocycles. The van der Waals surface area contributed by atoms with Crippen molar-refractivity contribution in [3.8, 4) is 11.8 Å². The van der Waals surface area contributed by atoms with Crippen molar-refractivity contribution < 1.29 is 4.74 Å². The summed E-state index contributed by atoms with van der Waals surface area (Å²) in [6.07, 6.45) is 5.80. The Morgan fingerprint density at radius 1 is 1.26 bits per heavy atom. The summed E-state index contributed by atoms with van der Waals surface area (Å²) in [7, 11) is 0. The van der Waals surface area contributed by atoms with Crippen LogP contribution in [-0.4, -0.2) is 11.2 Å². The predicted octanol–water partition coefficient (Wildman–Crippen LogP) is 4.12. The normalized spacial score (nSPS) is 10.5. The lowest BCUT2D eigenvalue weighted by Crippen LogP contribution is -1.97. The lowest BCUT2D eigenvalue weighted by molar-refractivity contribution is 0.318. The zero-order chi connectivity index (χ0) is 13.5. The SMILES string of the molecule is CCCOc1ccc2c(ccn2CCCCC#N)c1. The Hall–Kier alpha value is -1.95. The summed E-state index contributed by atoms with van der Waals surface area (Å²) in [6, 6.07) is 10.6. The number of rotatable bonds is 7. The molecule has 2 aromatic rings. The van der Waals surface area contributed by atoms with Crippen LogP contribution >= 0.6 is 0 Å². The molecule has 0 saturated heterocycles. The third-order valence-electron chi connectivity index (χ3n) is 3.15. The van der Waals surface area contributed by atoms with E-state index in [4.69, 9.17) is 10.00 Å². The van der Waals surface area contributed by atoms with Gasteiger partial charge in [-0.2, -0.15) is 5.26 Å². The van der Waals surface area contributed by atoms with Crippen molar-refractivity contribution >= 4 is 10.9 Å². The number of fused-ring (bicyclic) bond motifs is 1. The van der Waals surface area contributed by atoms with Crippen LogP contribution in [0.15, 0.2) is 30.5 Å². The van der Waals surface area contributed by atoms with Gasteiger partial charge in [0.15, 0.2) is 0 Å². The first-order chi connectivity index (χ1) is 9.35. The molecule has 0 aliphatic heterocycles. The molecule has 0 aliphatic carbocycles. The Morgan fingerprint density at radius 2 is 2.16 bits per heavy atom. The van der Waals surface area contributed by atoms with E-state index in [0.29, 0.717) is 6.42 Å². The molecule has 0 bridgehead atoms. The summed E-state index contributed by atoms with van der Waals surface area (Å²) in [6.45, 7) is 3.84. The predicted molar refractivity (Wildman–Crippen MR) is 77.2 cm³/mol. The van der Waals surface area contributed by atoms with Crippen LogP contribution in [0.2, 0.25) is 0 Å². The lowest BCUT2D eigenvalue weighted by Gasteiger charge is -2.07. The molecule has 3 nitrogen and oxygen atoms in total. The van der Waals surface area contributed by atoms with Crippen LogP contribution in [0, 0.1) is 11.3 Å². The molecule has 0 atom stereocenters. The second-order valence-corrected chi connectivity index (χ2v) is 4.69. The van der Waals surface area contributed by atoms with Gasteiger partial charge in [-0.05, 0) is 43.5 Å². The van der Waals surface area contributed by atoms with Crippen molar-refractivity contribution in [2.45, 2.75) is 39.2 Å². The second kappa shape index (κ2) is 6.84. The van der Waals surface area contributed by atoms with Crippen molar-refractivity contribution in [3.63, 3.8) is 0 Å². The first kappa shape index (κ1) is 13.5. The molecule has 0 spiro atoms. The molecule has 1 aromatic heterocycles. The summed E-state index contributed by atoms with van der Waals surface area (Å²) in [5.41, 5.74) is 1.24. The van der Waals surface area contributed by atoms with Gasteiger partial charge < -0.3 is 9.30 Å². The molecule has 1 heterocycles. The van der Waals surface area contributed by atoms with Gasteiger partial charge in [0.2, 0.25) is 0 Å². The highest BCUT2D eigenvalue weighted by atomic mass is 16.5. The lowest BCUT2D eigenvalue weighted by atomic mass is 10.2. The molecule has 100 valence electrons. The maximum atomic E-state index is 8.53. The van der Waals surface area contributed by atoms with Gasteiger partial charge in [-0.25, -0.2) is 0 Å². The third kappa shape index (κ3) is 3.51. The number of hydrogen-bond donors (Lipinski definition) is 0. The van der Waals surface area contributed by atoms with E-state index in [1.165, 1.54) is 10.9 Å². The van der Waals surface area contributed by atoms with Crippen molar-refractivity contribution in [2.24, 2.45) is 0 Å². The van der Waals surface area contributed by atoms with Crippen LogP contribution < -0.4 is 4.74 Å². The van der Waals surface area contributed by atoms with Crippen molar-refractivity contribution in [1.29, 1.82) is 5.26 Å². The second-order valence-electron chi connectivity index (χ2n) is 4.69.